The maximum absolute atomic E-state index is 12.6. The highest BCUT2D eigenvalue weighted by atomic mass is 16.3. The molecule has 3 heteroatoms. The minimum atomic E-state index is 0.0811. The molecule has 1 aliphatic rings. The molecule has 0 aliphatic heterocycles. The van der Waals surface area contributed by atoms with Gasteiger partial charge in [-0.05, 0) is 31.4 Å². The van der Waals surface area contributed by atoms with E-state index in [-0.39, 0.29) is 5.91 Å². The number of furan rings is 1. The average molecular weight is 255 g/mol. The molecule has 1 aliphatic carbocycles. The lowest BCUT2D eigenvalue weighted by Crippen LogP contribution is -2.32. The quantitative estimate of drug-likeness (QED) is 0.839. The Bertz CT molecular complexity index is 569. The molecule has 1 saturated carbocycles. The van der Waals surface area contributed by atoms with Crippen LogP contribution in [0.2, 0.25) is 0 Å². The smallest absolute Gasteiger partial charge is 0.257 e. The van der Waals surface area contributed by atoms with Crippen LogP contribution < -0.4 is 0 Å². The lowest BCUT2D eigenvalue weighted by Gasteiger charge is -2.22. The highest BCUT2D eigenvalue weighted by Crippen LogP contribution is 2.30. The maximum atomic E-state index is 12.6. The first-order chi connectivity index (χ1) is 9.25. The van der Waals surface area contributed by atoms with E-state index >= 15 is 0 Å². The molecule has 0 bridgehead atoms. The van der Waals surface area contributed by atoms with Crippen molar-refractivity contribution in [3.8, 4) is 0 Å². The van der Waals surface area contributed by atoms with Crippen molar-refractivity contribution < 1.29 is 9.21 Å². The van der Waals surface area contributed by atoms with E-state index in [0.717, 1.165) is 12.8 Å². The van der Waals surface area contributed by atoms with Crippen LogP contribution in [0.15, 0.2) is 47.1 Å². The molecule has 1 fully saturated rings. The molecule has 0 spiro atoms. The van der Waals surface area contributed by atoms with E-state index in [4.69, 9.17) is 4.42 Å². The number of nitrogens with zero attached hydrogens (tertiary/aromatic N) is 1. The van der Waals surface area contributed by atoms with Crippen molar-refractivity contribution in [2.75, 3.05) is 0 Å². The predicted molar refractivity (Wildman–Crippen MR) is 72.8 cm³/mol. The third kappa shape index (κ3) is 2.55. The fourth-order valence-corrected chi connectivity index (χ4v) is 2.29. The monoisotopic (exact) mass is 255 g/mol. The standard InChI is InChI=1S/C16H17NO2/c1-12-15(9-10-19-12)16(18)17(14-7-8-14)11-13-5-3-2-4-6-13/h2-6,9-10,14H,7-8,11H2,1H3. The molecule has 0 saturated heterocycles. The largest absolute Gasteiger partial charge is 0.469 e. The van der Waals surface area contributed by atoms with Gasteiger partial charge in [-0.25, -0.2) is 0 Å². The summed E-state index contributed by atoms with van der Waals surface area (Å²) in [6.45, 7) is 2.51. The SMILES string of the molecule is Cc1occc1C(=O)N(Cc1ccccc1)C1CC1. The highest BCUT2D eigenvalue weighted by Gasteiger charge is 2.33. The zero-order valence-corrected chi connectivity index (χ0v) is 11.0. The molecule has 19 heavy (non-hydrogen) atoms. The number of aryl methyl sites for hydroxylation is 1. The predicted octanol–water partition coefficient (Wildman–Crippen LogP) is 3.39. The van der Waals surface area contributed by atoms with Crippen molar-refractivity contribution in [1.29, 1.82) is 0 Å². The second kappa shape index (κ2) is 4.92. The summed E-state index contributed by atoms with van der Waals surface area (Å²) in [7, 11) is 0. The average Bonchev–Trinajstić information content (AvgIpc) is 3.18. The van der Waals surface area contributed by atoms with Gasteiger partial charge in [-0.3, -0.25) is 4.79 Å². The molecule has 0 N–H and O–H groups in total. The van der Waals surface area contributed by atoms with E-state index in [0.29, 0.717) is 23.9 Å². The van der Waals surface area contributed by atoms with Crippen LogP contribution in [0, 0.1) is 6.92 Å². The van der Waals surface area contributed by atoms with Crippen molar-refractivity contribution in [1.82, 2.24) is 4.90 Å². The van der Waals surface area contributed by atoms with E-state index in [2.05, 4.69) is 12.1 Å². The summed E-state index contributed by atoms with van der Waals surface area (Å²) in [5, 5.41) is 0. The molecular weight excluding hydrogens is 238 g/mol. The van der Waals surface area contributed by atoms with E-state index in [9.17, 15) is 4.79 Å². The Balaban J connectivity index is 1.82. The Kier molecular flexibility index (Phi) is 3.11. The van der Waals surface area contributed by atoms with Crippen LogP contribution in [0.1, 0.15) is 34.5 Å². The van der Waals surface area contributed by atoms with Gasteiger partial charge in [-0.2, -0.15) is 0 Å². The number of amides is 1. The van der Waals surface area contributed by atoms with E-state index in [1.54, 1.807) is 12.3 Å². The first-order valence-corrected chi connectivity index (χ1v) is 6.64. The minimum absolute atomic E-state index is 0.0811. The van der Waals surface area contributed by atoms with Gasteiger partial charge in [0.25, 0.3) is 5.91 Å². The Morgan fingerprint density at radius 1 is 1.26 bits per heavy atom. The fourth-order valence-electron chi connectivity index (χ4n) is 2.29. The summed E-state index contributed by atoms with van der Waals surface area (Å²) in [5.74, 6) is 0.779. The molecule has 2 aromatic rings. The van der Waals surface area contributed by atoms with Gasteiger partial charge in [-0.1, -0.05) is 30.3 Å². The van der Waals surface area contributed by atoms with Crippen LogP contribution in [0.4, 0.5) is 0 Å². The van der Waals surface area contributed by atoms with Crippen LogP contribution >= 0.6 is 0 Å². The number of hydrogen-bond donors (Lipinski definition) is 0. The Morgan fingerprint density at radius 3 is 2.58 bits per heavy atom. The summed E-state index contributed by atoms with van der Waals surface area (Å²) in [6.07, 6.45) is 3.79. The van der Waals surface area contributed by atoms with Gasteiger partial charge in [0.2, 0.25) is 0 Å². The van der Waals surface area contributed by atoms with E-state index < -0.39 is 0 Å². The third-order valence-corrected chi connectivity index (χ3v) is 3.53. The first kappa shape index (κ1) is 12.0. The summed E-state index contributed by atoms with van der Waals surface area (Å²) in [4.78, 5) is 14.5. The zero-order chi connectivity index (χ0) is 13.2. The lowest BCUT2D eigenvalue weighted by molar-refractivity contribution is 0.0728. The molecule has 1 aromatic heterocycles. The molecular formula is C16H17NO2. The van der Waals surface area contributed by atoms with Gasteiger partial charge in [0.15, 0.2) is 0 Å². The van der Waals surface area contributed by atoms with Crippen molar-refractivity contribution >= 4 is 5.91 Å². The Labute approximate surface area is 112 Å². The molecule has 0 radical (unpaired) electrons. The number of benzene rings is 1. The topological polar surface area (TPSA) is 33.5 Å². The molecule has 1 aromatic carbocycles. The van der Waals surface area contributed by atoms with Crippen molar-refractivity contribution in [3.63, 3.8) is 0 Å². The highest BCUT2D eigenvalue weighted by molar-refractivity contribution is 5.95. The first-order valence-electron chi connectivity index (χ1n) is 6.64. The molecule has 98 valence electrons. The van der Waals surface area contributed by atoms with Crippen molar-refractivity contribution in [2.24, 2.45) is 0 Å². The second-order valence-corrected chi connectivity index (χ2v) is 5.04. The Morgan fingerprint density at radius 2 is 2.00 bits per heavy atom. The molecule has 1 amide bonds. The maximum Gasteiger partial charge on any atom is 0.257 e. The zero-order valence-electron chi connectivity index (χ0n) is 11.0. The molecule has 3 nitrogen and oxygen atoms in total. The van der Waals surface area contributed by atoms with Crippen LogP contribution in [-0.2, 0) is 6.54 Å². The van der Waals surface area contributed by atoms with Gasteiger partial charge in [0, 0.05) is 12.6 Å². The summed E-state index contributed by atoms with van der Waals surface area (Å²) in [6, 6.07) is 12.3. The summed E-state index contributed by atoms with van der Waals surface area (Å²) in [5.41, 5.74) is 1.85. The number of carbonyl (C=O) groups excluding carboxylic acids is 1. The fraction of sp³-hybridized carbons (Fsp3) is 0.312. The Hall–Kier alpha value is -2.03. The molecule has 0 atom stereocenters. The van der Waals surface area contributed by atoms with Gasteiger partial charge in [0.1, 0.15) is 5.76 Å². The lowest BCUT2D eigenvalue weighted by atomic mass is 10.1. The van der Waals surface area contributed by atoms with Crippen molar-refractivity contribution in [3.05, 3.63) is 59.5 Å². The minimum Gasteiger partial charge on any atom is -0.469 e. The van der Waals surface area contributed by atoms with Crippen LogP contribution in [0.25, 0.3) is 0 Å². The van der Waals surface area contributed by atoms with E-state index in [1.807, 2.05) is 30.0 Å². The number of carbonyl (C=O) groups is 1. The van der Waals surface area contributed by atoms with Crippen molar-refractivity contribution in [2.45, 2.75) is 32.4 Å². The second-order valence-electron chi connectivity index (χ2n) is 5.04. The van der Waals surface area contributed by atoms with Gasteiger partial charge in [-0.15, -0.1) is 0 Å². The number of hydrogen-bond acceptors (Lipinski definition) is 2. The van der Waals surface area contributed by atoms with E-state index in [1.165, 1.54) is 5.56 Å². The van der Waals surface area contributed by atoms with Crippen LogP contribution in [-0.4, -0.2) is 16.8 Å². The molecule has 1 heterocycles. The summed E-state index contributed by atoms with van der Waals surface area (Å²) >= 11 is 0. The van der Waals surface area contributed by atoms with Gasteiger partial charge >= 0.3 is 0 Å². The van der Waals surface area contributed by atoms with Gasteiger partial charge in [0.05, 0.1) is 11.8 Å². The summed E-state index contributed by atoms with van der Waals surface area (Å²) < 4.78 is 5.24. The van der Waals surface area contributed by atoms with Gasteiger partial charge < -0.3 is 9.32 Å². The van der Waals surface area contributed by atoms with Crippen LogP contribution in [0.5, 0.6) is 0 Å². The third-order valence-electron chi connectivity index (χ3n) is 3.53. The number of rotatable bonds is 4. The molecule has 3 rings (SSSR count). The van der Waals surface area contributed by atoms with Crippen LogP contribution in [0.3, 0.4) is 0 Å². The normalized spacial score (nSPS) is 14.4. The molecule has 0 unspecified atom stereocenters.